The number of likely N-dealkylation sites (N-methyl/N-ethyl adjacent to an activating group) is 1. The van der Waals surface area contributed by atoms with Crippen molar-refractivity contribution in [1.29, 1.82) is 0 Å². The van der Waals surface area contributed by atoms with E-state index in [1.807, 2.05) is 0 Å². The Labute approximate surface area is 117 Å². The molecule has 6 nitrogen and oxygen atoms in total. The first kappa shape index (κ1) is 14.7. The largest absolute Gasteiger partial charge is 0.392 e. The van der Waals surface area contributed by atoms with E-state index in [4.69, 9.17) is 5.73 Å². The third-order valence-corrected chi connectivity index (χ3v) is 4.73. The first-order chi connectivity index (χ1) is 9.30. The van der Waals surface area contributed by atoms with Crippen LogP contribution in [0.2, 0.25) is 0 Å². The van der Waals surface area contributed by atoms with Crippen LogP contribution in [0.4, 0.5) is 5.82 Å². The van der Waals surface area contributed by atoms with Crippen molar-refractivity contribution in [2.24, 2.45) is 0 Å². The van der Waals surface area contributed by atoms with Crippen molar-refractivity contribution in [3.05, 3.63) is 30.3 Å². The van der Waals surface area contributed by atoms with Crippen molar-refractivity contribution in [3.63, 3.8) is 0 Å². The predicted molar refractivity (Wildman–Crippen MR) is 77.7 cm³/mol. The Morgan fingerprint density at radius 3 is 2.70 bits per heavy atom. The molecule has 0 fully saturated rings. The normalized spacial score (nSPS) is 13.8. The number of nitrogens with two attached hydrogens (primary N) is 1. The lowest BCUT2D eigenvalue weighted by molar-refractivity contribution is 0.171. The molecule has 108 valence electrons. The van der Waals surface area contributed by atoms with Crippen LogP contribution < -0.4 is 5.73 Å². The Hall–Kier alpha value is -1.70. The maximum atomic E-state index is 12.3. The van der Waals surface area contributed by atoms with Gasteiger partial charge < -0.3 is 10.8 Å². The molecule has 0 spiro atoms. The number of pyridine rings is 1. The van der Waals surface area contributed by atoms with Gasteiger partial charge in [0.25, 0.3) is 0 Å². The molecule has 0 radical (unpaired) electrons. The number of nitrogen functional groups attached to an aromatic ring is 1. The van der Waals surface area contributed by atoms with Gasteiger partial charge in [-0.05, 0) is 37.3 Å². The fraction of sp³-hybridized carbons (Fsp3) is 0.308. The topological polar surface area (TPSA) is 96.5 Å². The van der Waals surface area contributed by atoms with Gasteiger partial charge in [-0.25, -0.2) is 13.4 Å². The predicted octanol–water partition coefficient (Wildman–Crippen LogP) is 0.818. The molecule has 0 aliphatic carbocycles. The lowest BCUT2D eigenvalue weighted by Crippen LogP contribution is -2.33. The van der Waals surface area contributed by atoms with Crippen LogP contribution >= 0.6 is 0 Å². The summed E-state index contributed by atoms with van der Waals surface area (Å²) in [6.07, 6.45) is -0.725. The molecule has 20 heavy (non-hydrogen) atoms. The van der Waals surface area contributed by atoms with Gasteiger partial charge in [0.15, 0.2) is 0 Å². The van der Waals surface area contributed by atoms with Crippen molar-refractivity contribution < 1.29 is 13.5 Å². The fourth-order valence-electron chi connectivity index (χ4n) is 1.93. The zero-order valence-corrected chi connectivity index (χ0v) is 12.1. The highest BCUT2D eigenvalue weighted by Gasteiger charge is 2.22. The van der Waals surface area contributed by atoms with Gasteiger partial charge >= 0.3 is 0 Å². The number of aliphatic hydroxyl groups excluding tert-OH is 1. The molecule has 2 aromatic rings. The van der Waals surface area contributed by atoms with Crippen LogP contribution in [-0.4, -0.2) is 42.5 Å². The summed E-state index contributed by atoms with van der Waals surface area (Å²) in [4.78, 5) is 4.29. The summed E-state index contributed by atoms with van der Waals surface area (Å²) in [5, 5.41) is 10.0. The number of fused-ring (bicyclic) bond motifs is 1. The maximum Gasteiger partial charge on any atom is 0.242 e. The molecule has 7 heteroatoms. The summed E-state index contributed by atoms with van der Waals surface area (Å²) < 4.78 is 25.8. The van der Waals surface area contributed by atoms with Gasteiger partial charge in [0, 0.05) is 19.0 Å². The maximum absolute atomic E-state index is 12.3. The van der Waals surface area contributed by atoms with Gasteiger partial charge in [-0.3, -0.25) is 0 Å². The minimum Gasteiger partial charge on any atom is -0.392 e. The second-order valence-corrected chi connectivity index (χ2v) is 6.77. The van der Waals surface area contributed by atoms with Crippen LogP contribution in [0.5, 0.6) is 0 Å². The zero-order valence-electron chi connectivity index (χ0n) is 11.3. The number of aromatic nitrogens is 1. The number of rotatable bonds is 4. The van der Waals surface area contributed by atoms with E-state index in [0.29, 0.717) is 16.7 Å². The zero-order chi connectivity index (χ0) is 14.9. The van der Waals surface area contributed by atoms with Gasteiger partial charge in [-0.15, -0.1) is 0 Å². The van der Waals surface area contributed by atoms with Crippen LogP contribution in [0.1, 0.15) is 6.92 Å². The molecule has 1 aromatic heterocycles. The summed E-state index contributed by atoms with van der Waals surface area (Å²) in [6.45, 7) is 1.58. The van der Waals surface area contributed by atoms with Crippen LogP contribution in [0.3, 0.4) is 0 Å². The second kappa shape index (κ2) is 5.35. The molecular weight excluding hydrogens is 278 g/mol. The minimum atomic E-state index is -3.62. The van der Waals surface area contributed by atoms with Gasteiger partial charge in [0.2, 0.25) is 10.0 Å². The molecule has 0 saturated carbocycles. The van der Waals surface area contributed by atoms with Crippen molar-refractivity contribution >= 4 is 26.7 Å². The van der Waals surface area contributed by atoms with Crippen molar-refractivity contribution in [2.75, 3.05) is 19.3 Å². The molecule has 0 saturated heterocycles. The van der Waals surface area contributed by atoms with E-state index >= 15 is 0 Å². The molecule has 0 amide bonds. The minimum absolute atomic E-state index is 0.0420. The third kappa shape index (κ3) is 2.90. The van der Waals surface area contributed by atoms with Crippen LogP contribution in [0.15, 0.2) is 35.2 Å². The first-order valence-corrected chi connectivity index (χ1v) is 7.55. The average molecular weight is 295 g/mol. The van der Waals surface area contributed by atoms with E-state index in [-0.39, 0.29) is 11.4 Å². The van der Waals surface area contributed by atoms with Crippen molar-refractivity contribution in [3.8, 4) is 0 Å². The highest BCUT2D eigenvalue weighted by Crippen LogP contribution is 2.21. The van der Waals surface area contributed by atoms with E-state index in [2.05, 4.69) is 4.98 Å². The first-order valence-electron chi connectivity index (χ1n) is 6.11. The van der Waals surface area contributed by atoms with Crippen LogP contribution in [0, 0.1) is 0 Å². The second-order valence-electron chi connectivity index (χ2n) is 4.73. The molecule has 1 unspecified atom stereocenters. The molecule has 0 aliphatic rings. The average Bonchev–Trinajstić information content (AvgIpc) is 2.37. The third-order valence-electron chi connectivity index (χ3n) is 2.91. The van der Waals surface area contributed by atoms with Crippen LogP contribution in [0.25, 0.3) is 10.9 Å². The van der Waals surface area contributed by atoms with Gasteiger partial charge in [0.05, 0.1) is 16.5 Å². The number of benzene rings is 1. The molecule has 2 rings (SSSR count). The quantitative estimate of drug-likeness (QED) is 0.870. The van der Waals surface area contributed by atoms with Crippen molar-refractivity contribution in [2.45, 2.75) is 17.9 Å². The Bertz CT molecular complexity index is 729. The summed E-state index contributed by atoms with van der Waals surface area (Å²) >= 11 is 0. The smallest absolute Gasteiger partial charge is 0.242 e. The van der Waals surface area contributed by atoms with E-state index in [0.717, 1.165) is 4.31 Å². The number of hydrogen-bond donors (Lipinski definition) is 2. The number of sulfonamides is 1. The Kier molecular flexibility index (Phi) is 3.94. The molecule has 0 bridgehead atoms. The Morgan fingerprint density at radius 2 is 2.05 bits per heavy atom. The number of anilines is 1. The van der Waals surface area contributed by atoms with E-state index in [1.54, 1.807) is 31.2 Å². The summed E-state index contributed by atoms with van der Waals surface area (Å²) in [5.74, 6) is 0.388. The fourth-order valence-corrected chi connectivity index (χ4v) is 3.22. The van der Waals surface area contributed by atoms with E-state index < -0.39 is 16.1 Å². The lowest BCUT2D eigenvalue weighted by atomic mass is 10.2. The van der Waals surface area contributed by atoms with E-state index in [1.165, 1.54) is 13.1 Å². The van der Waals surface area contributed by atoms with Gasteiger partial charge in [-0.1, -0.05) is 0 Å². The van der Waals surface area contributed by atoms with Crippen molar-refractivity contribution in [1.82, 2.24) is 9.29 Å². The summed E-state index contributed by atoms with van der Waals surface area (Å²) in [7, 11) is -2.18. The molecular formula is C13H17N3O3S. The molecule has 3 N–H and O–H groups in total. The molecule has 1 heterocycles. The van der Waals surface area contributed by atoms with E-state index in [9.17, 15) is 13.5 Å². The Morgan fingerprint density at radius 1 is 1.35 bits per heavy atom. The molecule has 1 atom stereocenters. The highest BCUT2D eigenvalue weighted by atomic mass is 32.2. The summed E-state index contributed by atoms with van der Waals surface area (Å²) in [5.41, 5.74) is 6.23. The monoisotopic (exact) mass is 295 g/mol. The van der Waals surface area contributed by atoms with Crippen LogP contribution in [-0.2, 0) is 10.0 Å². The highest BCUT2D eigenvalue weighted by molar-refractivity contribution is 7.89. The van der Waals surface area contributed by atoms with Gasteiger partial charge in [-0.2, -0.15) is 4.31 Å². The number of nitrogens with zero attached hydrogens (tertiary/aromatic N) is 2. The number of hydrogen-bond acceptors (Lipinski definition) is 5. The summed E-state index contributed by atoms with van der Waals surface area (Å²) in [6, 6.07) is 8.01. The van der Waals surface area contributed by atoms with Gasteiger partial charge in [0.1, 0.15) is 5.82 Å². The lowest BCUT2D eigenvalue weighted by Gasteiger charge is -2.18. The SMILES string of the molecule is CC(O)CN(C)S(=O)(=O)c1ccc2nc(N)ccc2c1. The number of aliphatic hydroxyl groups is 1. The molecule has 0 aliphatic heterocycles. The molecule has 1 aromatic carbocycles. The standard InChI is InChI=1S/C13H17N3O3S/c1-9(17)8-16(2)20(18,19)11-4-5-12-10(7-11)3-6-13(14)15-12/h3-7,9,17H,8H2,1-2H3,(H2,14,15). The Balaban J connectivity index is 2.44.